The normalized spacial score (nSPS) is 28.5. The van der Waals surface area contributed by atoms with E-state index in [9.17, 15) is 13.2 Å². The van der Waals surface area contributed by atoms with Crippen LogP contribution in [-0.2, 0) is 26.1 Å². The summed E-state index contributed by atoms with van der Waals surface area (Å²) in [5.41, 5.74) is 0.787. The fourth-order valence-electron chi connectivity index (χ4n) is 3.03. The SMILES string of the molecule is CS(=O)(=O)N1C[C@H]2[C@@H](C1)OC[C@H]2C(=O)NCc1ccccn1. The number of sulfonamides is 1. The predicted octanol–water partition coefficient (Wildman–Crippen LogP) is -0.396. The second-order valence-corrected chi connectivity index (χ2v) is 7.74. The smallest absolute Gasteiger partial charge is 0.226 e. The van der Waals surface area contributed by atoms with Crippen molar-refractivity contribution in [1.82, 2.24) is 14.6 Å². The van der Waals surface area contributed by atoms with Crippen LogP contribution in [0.4, 0.5) is 0 Å². The molecule has 0 aliphatic carbocycles. The number of amides is 1. The minimum atomic E-state index is -3.24. The van der Waals surface area contributed by atoms with Gasteiger partial charge in [0.1, 0.15) is 0 Å². The molecule has 0 spiro atoms. The Kier molecular flexibility index (Phi) is 4.16. The van der Waals surface area contributed by atoms with Gasteiger partial charge in [-0.15, -0.1) is 0 Å². The van der Waals surface area contributed by atoms with Crippen LogP contribution >= 0.6 is 0 Å². The minimum Gasteiger partial charge on any atom is -0.376 e. The average Bonchev–Trinajstić information content (AvgIpc) is 3.05. The lowest BCUT2D eigenvalue weighted by atomic mass is 9.92. The van der Waals surface area contributed by atoms with Gasteiger partial charge in [0.25, 0.3) is 0 Å². The number of aromatic nitrogens is 1. The van der Waals surface area contributed by atoms with Crippen LogP contribution < -0.4 is 5.32 Å². The molecule has 0 radical (unpaired) electrons. The third kappa shape index (κ3) is 3.13. The molecule has 0 saturated carbocycles. The molecule has 1 amide bonds. The standard InChI is InChI=1S/C14H19N3O4S/c1-22(19,20)17-7-11-12(9-21-13(11)8-17)14(18)16-6-10-4-2-3-5-15-10/h2-5,11-13H,6-9H2,1H3,(H,16,18)/t11-,12-,13-/m1/s1. The van der Waals surface area contributed by atoms with Gasteiger partial charge in [-0.05, 0) is 12.1 Å². The Morgan fingerprint density at radius 3 is 2.95 bits per heavy atom. The lowest BCUT2D eigenvalue weighted by Crippen LogP contribution is -2.37. The van der Waals surface area contributed by atoms with E-state index in [1.807, 2.05) is 18.2 Å². The lowest BCUT2D eigenvalue weighted by molar-refractivity contribution is -0.126. The van der Waals surface area contributed by atoms with Gasteiger partial charge in [0.05, 0.1) is 37.1 Å². The molecule has 2 aliphatic rings. The van der Waals surface area contributed by atoms with Gasteiger partial charge in [0.15, 0.2) is 0 Å². The Balaban J connectivity index is 1.60. The van der Waals surface area contributed by atoms with E-state index in [-0.39, 0.29) is 23.8 Å². The summed E-state index contributed by atoms with van der Waals surface area (Å²) in [6.45, 7) is 1.41. The zero-order chi connectivity index (χ0) is 15.7. The quantitative estimate of drug-likeness (QED) is 0.814. The highest BCUT2D eigenvalue weighted by atomic mass is 32.2. The van der Waals surface area contributed by atoms with Crippen molar-refractivity contribution >= 4 is 15.9 Å². The van der Waals surface area contributed by atoms with Crippen LogP contribution in [0.25, 0.3) is 0 Å². The van der Waals surface area contributed by atoms with Gasteiger partial charge in [0.2, 0.25) is 15.9 Å². The van der Waals surface area contributed by atoms with E-state index in [0.717, 1.165) is 5.69 Å². The Labute approximate surface area is 129 Å². The van der Waals surface area contributed by atoms with Gasteiger partial charge >= 0.3 is 0 Å². The summed E-state index contributed by atoms with van der Waals surface area (Å²) < 4.78 is 30.2. The monoisotopic (exact) mass is 325 g/mol. The molecule has 3 rings (SSSR count). The summed E-state index contributed by atoms with van der Waals surface area (Å²) in [7, 11) is -3.24. The largest absolute Gasteiger partial charge is 0.376 e. The van der Waals surface area contributed by atoms with Crippen molar-refractivity contribution in [3.05, 3.63) is 30.1 Å². The van der Waals surface area contributed by atoms with E-state index in [4.69, 9.17) is 4.74 Å². The number of nitrogens with zero attached hydrogens (tertiary/aromatic N) is 2. The molecule has 0 unspecified atom stereocenters. The van der Waals surface area contributed by atoms with E-state index in [2.05, 4.69) is 10.3 Å². The summed E-state index contributed by atoms with van der Waals surface area (Å²) >= 11 is 0. The Morgan fingerprint density at radius 1 is 1.45 bits per heavy atom. The predicted molar refractivity (Wildman–Crippen MR) is 79.2 cm³/mol. The molecule has 0 bridgehead atoms. The van der Waals surface area contributed by atoms with Crippen molar-refractivity contribution in [3.8, 4) is 0 Å². The van der Waals surface area contributed by atoms with Crippen LogP contribution in [0.2, 0.25) is 0 Å². The molecule has 2 saturated heterocycles. The fraction of sp³-hybridized carbons (Fsp3) is 0.571. The van der Waals surface area contributed by atoms with Gasteiger partial charge < -0.3 is 10.1 Å². The molecular formula is C14H19N3O4S. The highest BCUT2D eigenvalue weighted by Gasteiger charge is 2.48. The van der Waals surface area contributed by atoms with E-state index in [1.54, 1.807) is 6.20 Å². The average molecular weight is 325 g/mol. The molecule has 3 atom stereocenters. The molecule has 7 nitrogen and oxygen atoms in total. The highest BCUT2D eigenvalue weighted by Crippen LogP contribution is 2.34. The number of ether oxygens (including phenoxy) is 1. The first kappa shape index (κ1) is 15.4. The van der Waals surface area contributed by atoms with E-state index in [0.29, 0.717) is 26.2 Å². The maximum Gasteiger partial charge on any atom is 0.226 e. The van der Waals surface area contributed by atoms with Crippen LogP contribution in [0.3, 0.4) is 0 Å². The van der Waals surface area contributed by atoms with Crippen LogP contribution in [-0.4, -0.2) is 55.7 Å². The Bertz CT molecular complexity index is 649. The number of carbonyl (C=O) groups is 1. The molecule has 2 aliphatic heterocycles. The third-order valence-corrected chi connectivity index (χ3v) is 5.49. The van der Waals surface area contributed by atoms with Crippen molar-refractivity contribution in [2.24, 2.45) is 11.8 Å². The van der Waals surface area contributed by atoms with Crippen molar-refractivity contribution in [2.45, 2.75) is 12.6 Å². The zero-order valence-corrected chi connectivity index (χ0v) is 13.1. The Hall–Kier alpha value is -1.51. The maximum absolute atomic E-state index is 12.3. The molecule has 8 heteroatoms. The third-order valence-electron chi connectivity index (χ3n) is 4.26. The second-order valence-electron chi connectivity index (χ2n) is 5.76. The number of rotatable bonds is 4. The first-order valence-corrected chi connectivity index (χ1v) is 9.04. The molecule has 1 aromatic heterocycles. The molecule has 22 heavy (non-hydrogen) atoms. The van der Waals surface area contributed by atoms with Crippen LogP contribution in [0.1, 0.15) is 5.69 Å². The fourth-order valence-corrected chi connectivity index (χ4v) is 3.89. The van der Waals surface area contributed by atoms with Crippen LogP contribution in [0, 0.1) is 11.8 Å². The molecule has 120 valence electrons. The molecule has 2 fully saturated rings. The summed E-state index contributed by atoms with van der Waals surface area (Å²) in [5.74, 6) is -0.479. The first-order chi connectivity index (χ1) is 10.4. The number of carbonyl (C=O) groups excluding carboxylic acids is 1. The van der Waals surface area contributed by atoms with Gasteiger partial charge in [-0.3, -0.25) is 9.78 Å². The summed E-state index contributed by atoms with van der Waals surface area (Å²) in [4.78, 5) is 16.5. The molecule has 0 aromatic carbocycles. The second kappa shape index (κ2) is 5.94. The van der Waals surface area contributed by atoms with Gasteiger partial charge in [-0.1, -0.05) is 6.07 Å². The summed E-state index contributed by atoms with van der Waals surface area (Å²) in [6, 6.07) is 5.53. The number of hydrogen-bond acceptors (Lipinski definition) is 5. The lowest BCUT2D eigenvalue weighted by Gasteiger charge is -2.17. The van der Waals surface area contributed by atoms with Crippen molar-refractivity contribution in [1.29, 1.82) is 0 Å². The Morgan fingerprint density at radius 2 is 2.27 bits per heavy atom. The molecule has 1 aromatic rings. The van der Waals surface area contributed by atoms with Gasteiger partial charge in [-0.2, -0.15) is 4.31 Å². The molecule has 1 N–H and O–H groups in total. The number of hydrogen-bond donors (Lipinski definition) is 1. The summed E-state index contributed by atoms with van der Waals surface area (Å²) in [5, 5.41) is 2.86. The van der Waals surface area contributed by atoms with E-state index in [1.165, 1.54) is 10.6 Å². The first-order valence-electron chi connectivity index (χ1n) is 7.19. The van der Waals surface area contributed by atoms with E-state index < -0.39 is 10.0 Å². The zero-order valence-electron chi connectivity index (χ0n) is 12.3. The molecular weight excluding hydrogens is 306 g/mol. The number of nitrogens with one attached hydrogen (secondary N) is 1. The number of fused-ring (bicyclic) bond motifs is 1. The number of pyridine rings is 1. The van der Waals surface area contributed by atoms with E-state index >= 15 is 0 Å². The topological polar surface area (TPSA) is 88.6 Å². The van der Waals surface area contributed by atoms with Crippen molar-refractivity contribution in [2.75, 3.05) is 26.0 Å². The van der Waals surface area contributed by atoms with Crippen molar-refractivity contribution < 1.29 is 17.9 Å². The summed E-state index contributed by atoms with van der Waals surface area (Å²) in [6.07, 6.45) is 2.68. The minimum absolute atomic E-state index is 0.0709. The van der Waals surface area contributed by atoms with Crippen LogP contribution in [0.5, 0.6) is 0 Å². The maximum atomic E-state index is 12.3. The van der Waals surface area contributed by atoms with Gasteiger partial charge in [0, 0.05) is 25.2 Å². The van der Waals surface area contributed by atoms with Gasteiger partial charge in [-0.25, -0.2) is 8.42 Å². The highest BCUT2D eigenvalue weighted by molar-refractivity contribution is 7.88. The molecule has 3 heterocycles. The van der Waals surface area contributed by atoms with Crippen LogP contribution in [0.15, 0.2) is 24.4 Å². The van der Waals surface area contributed by atoms with Crippen molar-refractivity contribution in [3.63, 3.8) is 0 Å².